The summed E-state index contributed by atoms with van der Waals surface area (Å²) in [7, 11) is 2.24. The van der Waals surface area contributed by atoms with Crippen molar-refractivity contribution in [2.24, 2.45) is 5.92 Å². The number of nitrogens with zero attached hydrogens (tertiary/aromatic N) is 1. The van der Waals surface area contributed by atoms with E-state index in [1.165, 1.54) is 25.7 Å². The Balaban J connectivity index is 2.07. The minimum atomic E-state index is -0.470. The van der Waals surface area contributed by atoms with Crippen LogP contribution in [0, 0.1) is 5.92 Å². The number of hydrogen-bond donors (Lipinski definition) is 1. The van der Waals surface area contributed by atoms with Crippen LogP contribution in [-0.4, -0.2) is 34.7 Å². The highest BCUT2D eigenvalue weighted by Gasteiger charge is 2.42. The van der Waals surface area contributed by atoms with Gasteiger partial charge in [0.15, 0.2) is 0 Å². The molecule has 2 aliphatic rings. The van der Waals surface area contributed by atoms with E-state index in [4.69, 9.17) is 0 Å². The Morgan fingerprint density at radius 3 is 2.00 bits per heavy atom. The predicted molar refractivity (Wildman–Crippen MR) is 53.6 cm³/mol. The summed E-state index contributed by atoms with van der Waals surface area (Å²) in [6.45, 7) is 3.92. The summed E-state index contributed by atoms with van der Waals surface area (Å²) in [5.74, 6) is 0.515. The quantitative estimate of drug-likeness (QED) is 0.668. The second-order valence-corrected chi connectivity index (χ2v) is 5.37. The molecular weight excluding hydrogens is 162 g/mol. The van der Waals surface area contributed by atoms with E-state index in [2.05, 4.69) is 11.9 Å². The lowest BCUT2D eigenvalue weighted by Gasteiger charge is -2.41. The van der Waals surface area contributed by atoms with Crippen LogP contribution in [0.4, 0.5) is 0 Å². The van der Waals surface area contributed by atoms with Gasteiger partial charge in [0, 0.05) is 12.1 Å². The number of rotatable bonds is 1. The molecule has 0 aromatic carbocycles. The van der Waals surface area contributed by atoms with Crippen LogP contribution in [0.15, 0.2) is 0 Å². The maximum atomic E-state index is 9.97. The van der Waals surface area contributed by atoms with Crippen molar-refractivity contribution in [1.29, 1.82) is 0 Å². The standard InChI is InChI=1S/C11H21NO/c1-11(2,13)8-6-9-4-5-10(7-8)12(9)3/h8-10,13H,4-7H2,1-3H3/t8?,9-,10+. The molecule has 2 heteroatoms. The Hall–Kier alpha value is -0.0800. The molecule has 2 fully saturated rings. The van der Waals surface area contributed by atoms with E-state index in [-0.39, 0.29) is 0 Å². The van der Waals surface area contributed by atoms with Crippen molar-refractivity contribution < 1.29 is 5.11 Å². The fourth-order valence-corrected chi connectivity index (χ4v) is 2.99. The van der Waals surface area contributed by atoms with Crippen molar-refractivity contribution in [3.63, 3.8) is 0 Å². The van der Waals surface area contributed by atoms with Crippen LogP contribution in [-0.2, 0) is 0 Å². The first-order valence-electron chi connectivity index (χ1n) is 5.43. The van der Waals surface area contributed by atoms with Gasteiger partial charge < -0.3 is 10.0 Å². The molecule has 13 heavy (non-hydrogen) atoms. The lowest BCUT2D eigenvalue weighted by molar-refractivity contribution is -0.0269. The Kier molecular flexibility index (Phi) is 2.16. The van der Waals surface area contributed by atoms with Gasteiger partial charge in [-0.15, -0.1) is 0 Å². The summed E-state index contributed by atoms with van der Waals surface area (Å²) in [4.78, 5) is 2.52. The molecule has 2 aliphatic heterocycles. The van der Waals surface area contributed by atoms with E-state index in [1.54, 1.807) is 0 Å². The smallest absolute Gasteiger partial charge is 0.0620 e. The molecule has 0 aromatic rings. The molecule has 0 aromatic heterocycles. The van der Waals surface area contributed by atoms with Gasteiger partial charge in [-0.25, -0.2) is 0 Å². The first-order chi connectivity index (χ1) is 5.98. The van der Waals surface area contributed by atoms with Crippen molar-refractivity contribution in [2.75, 3.05) is 7.05 Å². The van der Waals surface area contributed by atoms with Crippen molar-refractivity contribution >= 4 is 0 Å². The first-order valence-corrected chi connectivity index (χ1v) is 5.43. The first kappa shape index (κ1) is 9.47. The number of piperidine rings is 1. The molecule has 0 radical (unpaired) electrons. The van der Waals surface area contributed by atoms with E-state index in [0.29, 0.717) is 5.92 Å². The monoisotopic (exact) mass is 183 g/mol. The predicted octanol–water partition coefficient (Wildman–Crippen LogP) is 1.63. The van der Waals surface area contributed by atoms with Crippen LogP contribution in [0.25, 0.3) is 0 Å². The topological polar surface area (TPSA) is 23.5 Å². The van der Waals surface area contributed by atoms with Crippen molar-refractivity contribution in [2.45, 2.75) is 57.2 Å². The largest absolute Gasteiger partial charge is 0.390 e. The number of hydrogen-bond acceptors (Lipinski definition) is 2. The molecule has 1 unspecified atom stereocenters. The van der Waals surface area contributed by atoms with E-state index in [1.807, 2.05) is 13.8 Å². The summed E-state index contributed by atoms with van der Waals surface area (Å²) >= 11 is 0. The maximum Gasteiger partial charge on any atom is 0.0620 e. The summed E-state index contributed by atoms with van der Waals surface area (Å²) < 4.78 is 0. The molecular formula is C11H21NO. The van der Waals surface area contributed by atoms with E-state index in [9.17, 15) is 5.11 Å². The zero-order chi connectivity index (χ0) is 9.64. The Labute approximate surface area is 80.9 Å². The van der Waals surface area contributed by atoms with Gasteiger partial charge in [-0.3, -0.25) is 0 Å². The molecule has 2 rings (SSSR count). The molecule has 1 N–H and O–H groups in total. The molecule has 76 valence electrons. The van der Waals surface area contributed by atoms with Crippen LogP contribution in [0.1, 0.15) is 39.5 Å². The molecule has 0 amide bonds. The van der Waals surface area contributed by atoms with Gasteiger partial charge >= 0.3 is 0 Å². The molecule has 2 saturated heterocycles. The maximum absolute atomic E-state index is 9.97. The Bertz CT molecular complexity index is 183. The molecule has 2 heterocycles. The van der Waals surface area contributed by atoms with Gasteiger partial charge in [-0.2, -0.15) is 0 Å². The third kappa shape index (κ3) is 1.62. The van der Waals surface area contributed by atoms with Gasteiger partial charge in [0.1, 0.15) is 0 Å². The van der Waals surface area contributed by atoms with E-state index >= 15 is 0 Å². The summed E-state index contributed by atoms with van der Waals surface area (Å²) in [5.41, 5.74) is -0.470. The number of fused-ring (bicyclic) bond motifs is 2. The second-order valence-electron chi connectivity index (χ2n) is 5.37. The molecule has 0 aliphatic carbocycles. The molecule has 3 atom stereocenters. The Morgan fingerprint density at radius 2 is 1.62 bits per heavy atom. The molecule has 0 saturated carbocycles. The summed E-state index contributed by atoms with van der Waals surface area (Å²) in [5, 5.41) is 9.97. The Morgan fingerprint density at radius 1 is 1.15 bits per heavy atom. The average Bonchev–Trinajstić information content (AvgIpc) is 2.29. The zero-order valence-electron chi connectivity index (χ0n) is 8.95. The highest BCUT2D eigenvalue weighted by Crippen LogP contribution is 2.41. The molecule has 2 bridgehead atoms. The minimum absolute atomic E-state index is 0.470. The van der Waals surface area contributed by atoms with Gasteiger partial charge in [-0.05, 0) is 52.5 Å². The lowest BCUT2D eigenvalue weighted by atomic mass is 9.80. The highest BCUT2D eigenvalue weighted by atomic mass is 16.3. The number of aliphatic hydroxyl groups is 1. The SMILES string of the molecule is CN1[C@@H]2CC[C@H]1CC(C(C)(C)O)C2. The zero-order valence-corrected chi connectivity index (χ0v) is 8.95. The minimum Gasteiger partial charge on any atom is -0.390 e. The molecule has 2 nitrogen and oxygen atoms in total. The van der Waals surface area contributed by atoms with Crippen LogP contribution < -0.4 is 0 Å². The van der Waals surface area contributed by atoms with Crippen molar-refractivity contribution in [3.05, 3.63) is 0 Å². The summed E-state index contributed by atoms with van der Waals surface area (Å²) in [6, 6.07) is 1.49. The van der Waals surface area contributed by atoms with Crippen molar-refractivity contribution in [1.82, 2.24) is 4.90 Å². The third-order valence-corrected chi connectivity index (χ3v) is 4.10. The average molecular weight is 183 g/mol. The third-order valence-electron chi connectivity index (χ3n) is 4.10. The van der Waals surface area contributed by atoms with Gasteiger partial charge in [0.25, 0.3) is 0 Å². The van der Waals surface area contributed by atoms with Crippen LogP contribution in [0.3, 0.4) is 0 Å². The van der Waals surface area contributed by atoms with Gasteiger partial charge in [-0.1, -0.05) is 0 Å². The molecule has 0 spiro atoms. The van der Waals surface area contributed by atoms with Crippen molar-refractivity contribution in [3.8, 4) is 0 Å². The highest BCUT2D eigenvalue weighted by molar-refractivity contribution is 4.97. The van der Waals surface area contributed by atoms with Crippen LogP contribution in [0.2, 0.25) is 0 Å². The second kappa shape index (κ2) is 2.96. The van der Waals surface area contributed by atoms with E-state index < -0.39 is 5.60 Å². The fraction of sp³-hybridized carbons (Fsp3) is 1.00. The van der Waals surface area contributed by atoms with Gasteiger partial charge in [0.2, 0.25) is 0 Å². The van der Waals surface area contributed by atoms with E-state index in [0.717, 1.165) is 12.1 Å². The van der Waals surface area contributed by atoms with Crippen LogP contribution >= 0.6 is 0 Å². The normalized spacial score (nSPS) is 41.1. The van der Waals surface area contributed by atoms with Crippen LogP contribution in [0.5, 0.6) is 0 Å². The fourth-order valence-electron chi connectivity index (χ4n) is 2.99. The van der Waals surface area contributed by atoms with Gasteiger partial charge in [0.05, 0.1) is 5.60 Å². The lowest BCUT2D eigenvalue weighted by Crippen LogP contribution is -2.46. The summed E-state index contributed by atoms with van der Waals surface area (Å²) in [6.07, 6.45) is 5.06.